The largest absolute Gasteiger partial charge is 0.467 e. The second-order valence-corrected chi connectivity index (χ2v) is 5.26. The zero-order valence-corrected chi connectivity index (χ0v) is 12.6. The van der Waals surface area contributed by atoms with E-state index in [0.29, 0.717) is 12.8 Å². The molecule has 1 amide bonds. The number of carbonyl (C=O) groups is 2. The third kappa shape index (κ3) is 5.03. The number of benzene rings is 1. The van der Waals surface area contributed by atoms with Crippen LogP contribution in [0.5, 0.6) is 0 Å². The molecule has 2 unspecified atom stereocenters. The summed E-state index contributed by atoms with van der Waals surface area (Å²) in [5, 5.41) is 2.71. The van der Waals surface area contributed by atoms with Crippen LogP contribution in [0, 0.1) is 0 Å². The van der Waals surface area contributed by atoms with Crippen LogP contribution in [0.2, 0.25) is 0 Å². The molecular formula is C14H18BrNO3. The van der Waals surface area contributed by atoms with Gasteiger partial charge in [0.1, 0.15) is 6.04 Å². The molecule has 4 nitrogen and oxygen atoms in total. The zero-order valence-electron chi connectivity index (χ0n) is 11.1. The Labute approximate surface area is 121 Å². The van der Waals surface area contributed by atoms with Gasteiger partial charge in [-0.3, -0.25) is 4.79 Å². The topological polar surface area (TPSA) is 55.4 Å². The number of methoxy groups -OCH3 is 1. The summed E-state index contributed by atoms with van der Waals surface area (Å²) in [6.45, 7) is 1.89. The Balaban J connectivity index is 2.73. The second kappa shape index (κ2) is 7.94. The first-order valence-corrected chi connectivity index (χ1v) is 7.06. The number of nitrogens with one attached hydrogen (secondary N) is 1. The van der Waals surface area contributed by atoms with Gasteiger partial charge in [-0.1, -0.05) is 53.2 Å². The van der Waals surface area contributed by atoms with Crippen molar-refractivity contribution in [2.75, 3.05) is 7.11 Å². The Morgan fingerprint density at radius 3 is 2.47 bits per heavy atom. The number of ether oxygens (including phenoxy) is 1. The van der Waals surface area contributed by atoms with Crippen molar-refractivity contribution in [2.24, 2.45) is 0 Å². The van der Waals surface area contributed by atoms with Gasteiger partial charge < -0.3 is 10.1 Å². The predicted molar refractivity (Wildman–Crippen MR) is 77.1 cm³/mol. The molecule has 0 fully saturated rings. The van der Waals surface area contributed by atoms with Crippen molar-refractivity contribution in [1.82, 2.24) is 5.32 Å². The highest BCUT2D eigenvalue weighted by Crippen LogP contribution is 2.08. The summed E-state index contributed by atoms with van der Waals surface area (Å²) in [7, 11) is 1.32. The van der Waals surface area contributed by atoms with E-state index < -0.39 is 12.0 Å². The van der Waals surface area contributed by atoms with E-state index in [1.807, 2.05) is 37.3 Å². The molecule has 0 spiro atoms. The lowest BCUT2D eigenvalue weighted by molar-refractivity contribution is -0.145. The first-order chi connectivity index (χ1) is 9.08. The molecule has 0 saturated heterocycles. The van der Waals surface area contributed by atoms with Crippen molar-refractivity contribution in [1.29, 1.82) is 0 Å². The summed E-state index contributed by atoms with van der Waals surface area (Å²) < 4.78 is 4.73. The van der Waals surface area contributed by atoms with E-state index in [9.17, 15) is 9.59 Å². The highest BCUT2D eigenvalue weighted by molar-refractivity contribution is 9.10. The fourth-order valence-corrected chi connectivity index (χ4v) is 1.77. The van der Waals surface area contributed by atoms with Crippen LogP contribution in [0.4, 0.5) is 0 Å². The van der Waals surface area contributed by atoms with Gasteiger partial charge in [0.2, 0.25) is 5.91 Å². The normalized spacial score (nSPS) is 13.4. The third-order valence-corrected chi connectivity index (χ3v) is 3.79. The van der Waals surface area contributed by atoms with E-state index in [4.69, 9.17) is 4.74 Å². The molecule has 1 N–H and O–H groups in total. The lowest BCUT2D eigenvalue weighted by atomic mass is 10.1. The quantitative estimate of drug-likeness (QED) is 0.642. The lowest BCUT2D eigenvalue weighted by Crippen LogP contribution is -2.45. The van der Waals surface area contributed by atoms with Crippen LogP contribution in [0.1, 0.15) is 18.9 Å². The maximum absolute atomic E-state index is 11.8. The van der Waals surface area contributed by atoms with Gasteiger partial charge in [0, 0.05) is 6.42 Å². The lowest BCUT2D eigenvalue weighted by Gasteiger charge is -2.18. The van der Waals surface area contributed by atoms with Gasteiger partial charge in [0.25, 0.3) is 0 Å². The Morgan fingerprint density at radius 2 is 1.95 bits per heavy atom. The van der Waals surface area contributed by atoms with E-state index in [1.54, 1.807) is 0 Å². The van der Waals surface area contributed by atoms with Gasteiger partial charge in [-0.05, 0) is 12.0 Å². The van der Waals surface area contributed by atoms with E-state index in [1.165, 1.54) is 7.11 Å². The van der Waals surface area contributed by atoms with Crippen molar-refractivity contribution >= 4 is 27.8 Å². The van der Waals surface area contributed by atoms with Gasteiger partial charge in [0.05, 0.1) is 11.9 Å². The Morgan fingerprint density at radius 1 is 1.32 bits per heavy atom. The van der Waals surface area contributed by atoms with Crippen molar-refractivity contribution in [3.63, 3.8) is 0 Å². The van der Waals surface area contributed by atoms with Crippen molar-refractivity contribution < 1.29 is 14.3 Å². The van der Waals surface area contributed by atoms with E-state index in [0.717, 1.165) is 5.56 Å². The zero-order chi connectivity index (χ0) is 14.3. The SMILES string of the molecule is CCC(Br)C(=O)NC(Cc1ccccc1)C(=O)OC. The summed E-state index contributed by atoms with van der Waals surface area (Å²) in [5.74, 6) is -0.637. The molecule has 0 bridgehead atoms. The monoisotopic (exact) mass is 327 g/mol. The van der Waals surface area contributed by atoms with E-state index in [-0.39, 0.29) is 10.7 Å². The number of halogens is 1. The van der Waals surface area contributed by atoms with Crippen LogP contribution in [0.25, 0.3) is 0 Å². The molecule has 0 radical (unpaired) electrons. The van der Waals surface area contributed by atoms with Crippen LogP contribution in [0.3, 0.4) is 0 Å². The standard InChI is InChI=1S/C14H18BrNO3/c1-3-11(15)13(17)16-12(14(18)19-2)9-10-7-5-4-6-8-10/h4-8,11-12H,3,9H2,1-2H3,(H,16,17). The molecule has 19 heavy (non-hydrogen) atoms. The first-order valence-electron chi connectivity index (χ1n) is 6.14. The minimum Gasteiger partial charge on any atom is -0.467 e. The maximum atomic E-state index is 11.8. The van der Waals surface area contributed by atoms with Crippen LogP contribution >= 0.6 is 15.9 Å². The fourth-order valence-electron chi connectivity index (χ4n) is 1.63. The molecule has 1 aromatic carbocycles. The average Bonchev–Trinajstić information content (AvgIpc) is 2.45. The molecule has 104 valence electrons. The summed E-state index contributed by atoms with van der Waals surface area (Å²) >= 11 is 3.26. The Hall–Kier alpha value is -1.36. The number of alkyl halides is 1. The van der Waals surface area contributed by atoms with Crippen LogP contribution in [0.15, 0.2) is 30.3 Å². The number of carbonyl (C=O) groups excluding carboxylic acids is 2. The van der Waals surface area contributed by atoms with E-state index >= 15 is 0 Å². The molecule has 0 aliphatic rings. The minimum atomic E-state index is -0.661. The van der Waals surface area contributed by atoms with Gasteiger partial charge >= 0.3 is 5.97 Å². The van der Waals surface area contributed by atoms with Crippen LogP contribution in [-0.2, 0) is 20.7 Å². The smallest absolute Gasteiger partial charge is 0.328 e. The molecule has 0 heterocycles. The molecular weight excluding hydrogens is 310 g/mol. The van der Waals surface area contributed by atoms with Crippen molar-refractivity contribution in [3.05, 3.63) is 35.9 Å². The molecule has 1 aromatic rings. The van der Waals surface area contributed by atoms with Crippen molar-refractivity contribution in [2.45, 2.75) is 30.6 Å². The van der Waals surface area contributed by atoms with E-state index in [2.05, 4.69) is 21.2 Å². The molecule has 0 saturated carbocycles. The van der Waals surface area contributed by atoms with Crippen molar-refractivity contribution in [3.8, 4) is 0 Å². The number of amides is 1. The molecule has 0 aliphatic heterocycles. The molecule has 2 atom stereocenters. The van der Waals surface area contributed by atoms with Crippen LogP contribution in [-0.4, -0.2) is 29.9 Å². The van der Waals surface area contributed by atoms with Crippen LogP contribution < -0.4 is 5.32 Å². The highest BCUT2D eigenvalue weighted by atomic mass is 79.9. The summed E-state index contributed by atoms with van der Waals surface area (Å²) in [5.41, 5.74) is 0.973. The number of hydrogen-bond acceptors (Lipinski definition) is 3. The minimum absolute atomic E-state index is 0.200. The first kappa shape index (κ1) is 15.7. The number of rotatable bonds is 6. The predicted octanol–water partition coefficient (Wildman–Crippen LogP) is 2.06. The molecule has 1 rings (SSSR count). The summed E-state index contributed by atoms with van der Waals surface area (Å²) in [6, 6.07) is 8.85. The fraction of sp³-hybridized carbons (Fsp3) is 0.429. The number of esters is 1. The average molecular weight is 328 g/mol. The summed E-state index contributed by atoms with van der Waals surface area (Å²) in [6.07, 6.45) is 1.08. The number of hydrogen-bond donors (Lipinski definition) is 1. The van der Waals surface area contributed by atoms with Gasteiger partial charge in [-0.15, -0.1) is 0 Å². The second-order valence-electron chi connectivity index (χ2n) is 4.15. The summed E-state index contributed by atoms with van der Waals surface area (Å²) in [4.78, 5) is 23.2. The highest BCUT2D eigenvalue weighted by Gasteiger charge is 2.24. The van der Waals surface area contributed by atoms with Gasteiger partial charge in [-0.25, -0.2) is 4.79 Å². The van der Waals surface area contributed by atoms with Gasteiger partial charge in [-0.2, -0.15) is 0 Å². The third-order valence-electron chi connectivity index (χ3n) is 2.73. The Bertz CT molecular complexity index is 422. The van der Waals surface area contributed by atoms with Gasteiger partial charge in [0.15, 0.2) is 0 Å². The maximum Gasteiger partial charge on any atom is 0.328 e. The molecule has 0 aliphatic carbocycles. The Kier molecular flexibility index (Phi) is 6.56. The molecule has 0 aromatic heterocycles. The molecule has 5 heteroatoms.